The molecule has 0 saturated carbocycles. The maximum absolute atomic E-state index is 14.3. The van der Waals surface area contributed by atoms with Gasteiger partial charge in [0.05, 0.1) is 31.9 Å². The van der Waals surface area contributed by atoms with Gasteiger partial charge in [0.25, 0.3) is 10.0 Å². The van der Waals surface area contributed by atoms with Gasteiger partial charge in [0.15, 0.2) is 11.5 Å². The number of hydrogen-bond donors (Lipinski definition) is 1. The van der Waals surface area contributed by atoms with Crippen LogP contribution in [0.2, 0.25) is 10.0 Å². The molecule has 0 aliphatic rings. The van der Waals surface area contributed by atoms with E-state index < -0.39 is 28.5 Å². The Labute approximate surface area is 268 Å². The highest BCUT2D eigenvalue weighted by molar-refractivity contribution is 7.92. The molecule has 0 radical (unpaired) electrons. The zero-order valence-electron chi connectivity index (χ0n) is 25.3. The van der Waals surface area contributed by atoms with Gasteiger partial charge in [0, 0.05) is 29.2 Å². The fourth-order valence-corrected chi connectivity index (χ4v) is 6.24. The van der Waals surface area contributed by atoms with E-state index in [-0.39, 0.29) is 39.6 Å². The predicted octanol–water partition coefficient (Wildman–Crippen LogP) is 5.55. The van der Waals surface area contributed by atoms with Crippen LogP contribution in [-0.2, 0) is 26.2 Å². The van der Waals surface area contributed by atoms with E-state index in [0.29, 0.717) is 22.9 Å². The summed E-state index contributed by atoms with van der Waals surface area (Å²) < 4.78 is 45.5. The van der Waals surface area contributed by atoms with Gasteiger partial charge in [-0.3, -0.25) is 13.9 Å². The molecule has 3 rings (SSSR count). The summed E-state index contributed by atoms with van der Waals surface area (Å²) in [7, 11) is -0.246. The number of carbonyl (C=O) groups is 2. The van der Waals surface area contributed by atoms with Crippen LogP contribution in [0.25, 0.3) is 0 Å². The van der Waals surface area contributed by atoms with Gasteiger partial charge in [0.1, 0.15) is 18.3 Å². The van der Waals surface area contributed by atoms with E-state index in [0.717, 1.165) is 17.1 Å². The van der Waals surface area contributed by atoms with Crippen molar-refractivity contribution in [3.05, 3.63) is 76.3 Å². The van der Waals surface area contributed by atoms with E-state index in [1.54, 1.807) is 37.3 Å². The summed E-state index contributed by atoms with van der Waals surface area (Å²) in [5, 5.41) is 3.53. The maximum atomic E-state index is 14.3. The van der Waals surface area contributed by atoms with Crippen molar-refractivity contribution in [1.82, 2.24) is 10.2 Å². The first-order valence-corrected chi connectivity index (χ1v) is 16.1. The minimum Gasteiger partial charge on any atom is -0.495 e. The molecule has 0 bridgehead atoms. The summed E-state index contributed by atoms with van der Waals surface area (Å²) >= 11 is 12.5. The second kappa shape index (κ2) is 15.9. The number of halogens is 2. The molecule has 3 aromatic carbocycles. The largest absolute Gasteiger partial charge is 0.495 e. The van der Waals surface area contributed by atoms with E-state index in [1.165, 1.54) is 56.6 Å². The lowest BCUT2D eigenvalue weighted by atomic mass is 10.1. The number of nitrogens with one attached hydrogen (secondary N) is 1. The number of hydrogen-bond acceptors (Lipinski definition) is 7. The van der Waals surface area contributed by atoms with Gasteiger partial charge in [-0.2, -0.15) is 0 Å². The standard InChI is InChI=1S/C31H37Cl2N3O7S/c1-6-7-15-34-31(38)21(2)35(19-22-9-8-10-23(32)16-22)30(37)20-36(26-17-24(33)11-13-27(26)41-3)44(39,40)25-12-14-28(42-4)29(18-25)43-5/h8-14,16-18,21H,6-7,15,19-20H2,1-5H3,(H,34,38)/t21-/m1/s1. The third-order valence-electron chi connectivity index (χ3n) is 6.87. The van der Waals surface area contributed by atoms with Gasteiger partial charge >= 0.3 is 0 Å². The van der Waals surface area contributed by atoms with Crippen LogP contribution in [0.5, 0.6) is 17.2 Å². The first kappa shape index (κ1) is 34.8. The Balaban J connectivity index is 2.12. The summed E-state index contributed by atoms with van der Waals surface area (Å²) in [6.07, 6.45) is 1.65. The van der Waals surface area contributed by atoms with Crippen LogP contribution in [-0.4, -0.2) is 65.6 Å². The zero-order chi connectivity index (χ0) is 32.4. The summed E-state index contributed by atoms with van der Waals surface area (Å²) in [6, 6.07) is 14.5. The van der Waals surface area contributed by atoms with E-state index in [2.05, 4.69) is 5.32 Å². The average Bonchev–Trinajstić information content (AvgIpc) is 3.01. The Morgan fingerprint density at radius 2 is 1.55 bits per heavy atom. The van der Waals surface area contributed by atoms with Crippen molar-refractivity contribution in [2.24, 2.45) is 0 Å². The molecule has 44 heavy (non-hydrogen) atoms. The Morgan fingerprint density at radius 1 is 0.886 bits per heavy atom. The number of anilines is 1. The lowest BCUT2D eigenvalue weighted by molar-refractivity contribution is -0.139. The number of carbonyl (C=O) groups excluding carboxylic acids is 2. The van der Waals surface area contributed by atoms with Crippen LogP contribution in [0.3, 0.4) is 0 Å². The van der Waals surface area contributed by atoms with Crippen molar-refractivity contribution in [1.29, 1.82) is 0 Å². The average molecular weight is 667 g/mol. The fraction of sp³-hybridized carbons (Fsp3) is 0.355. The highest BCUT2D eigenvalue weighted by Gasteiger charge is 2.34. The molecule has 3 aromatic rings. The molecular weight excluding hydrogens is 629 g/mol. The quantitative estimate of drug-likeness (QED) is 0.212. The normalized spacial score (nSPS) is 11.8. The van der Waals surface area contributed by atoms with Crippen molar-refractivity contribution in [3.63, 3.8) is 0 Å². The van der Waals surface area contributed by atoms with Crippen molar-refractivity contribution in [2.75, 3.05) is 38.7 Å². The van der Waals surface area contributed by atoms with Crippen LogP contribution >= 0.6 is 23.2 Å². The number of sulfonamides is 1. The molecule has 0 heterocycles. The van der Waals surface area contributed by atoms with Crippen LogP contribution in [0.15, 0.2) is 65.6 Å². The number of unbranched alkanes of at least 4 members (excludes halogenated alkanes) is 1. The number of methoxy groups -OCH3 is 3. The topological polar surface area (TPSA) is 114 Å². The third-order valence-corrected chi connectivity index (χ3v) is 9.10. The lowest BCUT2D eigenvalue weighted by Crippen LogP contribution is -2.51. The van der Waals surface area contributed by atoms with Gasteiger partial charge in [-0.15, -0.1) is 0 Å². The Hall–Kier alpha value is -3.67. The first-order chi connectivity index (χ1) is 21.0. The highest BCUT2D eigenvalue weighted by Crippen LogP contribution is 2.37. The number of nitrogens with zero attached hydrogens (tertiary/aromatic N) is 2. The van der Waals surface area contributed by atoms with Gasteiger partial charge < -0.3 is 24.4 Å². The minimum absolute atomic E-state index is 0.00130. The predicted molar refractivity (Wildman–Crippen MR) is 171 cm³/mol. The van der Waals surface area contributed by atoms with Crippen LogP contribution in [0.4, 0.5) is 5.69 Å². The molecule has 1 N–H and O–H groups in total. The lowest BCUT2D eigenvalue weighted by Gasteiger charge is -2.32. The fourth-order valence-electron chi connectivity index (χ4n) is 4.43. The minimum atomic E-state index is -4.44. The molecule has 238 valence electrons. The molecular formula is C31H37Cl2N3O7S. The highest BCUT2D eigenvalue weighted by atomic mass is 35.5. The van der Waals surface area contributed by atoms with E-state index >= 15 is 0 Å². The Kier molecular flexibility index (Phi) is 12.6. The van der Waals surface area contributed by atoms with Crippen molar-refractivity contribution >= 4 is 50.7 Å². The summed E-state index contributed by atoms with van der Waals surface area (Å²) in [5.74, 6) is -0.349. The molecule has 0 saturated heterocycles. The number of benzene rings is 3. The van der Waals surface area contributed by atoms with Crippen molar-refractivity contribution < 1.29 is 32.2 Å². The molecule has 0 spiro atoms. The number of amides is 2. The Bertz CT molecular complexity index is 1570. The van der Waals surface area contributed by atoms with Gasteiger partial charge in [-0.25, -0.2) is 8.42 Å². The van der Waals surface area contributed by atoms with Gasteiger partial charge in [-0.1, -0.05) is 48.7 Å². The zero-order valence-corrected chi connectivity index (χ0v) is 27.6. The molecule has 0 aromatic heterocycles. The van der Waals surface area contributed by atoms with Gasteiger partial charge in [0.2, 0.25) is 11.8 Å². The monoisotopic (exact) mass is 665 g/mol. The molecule has 0 fully saturated rings. The molecule has 0 aliphatic carbocycles. The summed E-state index contributed by atoms with van der Waals surface area (Å²) in [5.41, 5.74) is 0.694. The van der Waals surface area contributed by atoms with E-state index in [1.807, 2.05) is 6.92 Å². The number of rotatable bonds is 15. The summed E-state index contributed by atoms with van der Waals surface area (Å²) in [6.45, 7) is 3.36. The first-order valence-electron chi connectivity index (χ1n) is 13.9. The molecule has 2 amide bonds. The van der Waals surface area contributed by atoms with Crippen molar-refractivity contribution in [2.45, 2.75) is 44.2 Å². The second-order valence-electron chi connectivity index (χ2n) is 9.82. The van der Waals surface area contributed by atoms with Crippen LogP contribution < -0.4 is 23.8 Å². The van der Waals surface area contributed by atoms with Gasteiger partial charge in [-0.05, 0) is 61.4 Å². The van der Waals surface area contributed by atoms with Crippen LogP contribution in [0, 0.1) is 0 Å². The third kappa shape index (κ3) is 8.49. The van der Waals surface area contributed by atoms with E-state index in [4.69, 9.17) is 37.4 Å². The van der Waals surface area contributed by atoms with Crippen LogP contribution in [0.1, 0.15) is 32.3 Å². The molecule has 1 atom stereocenters. The van der Waals surface area contributed by atoms with E-state index in [9.17, 15) is 18.0 Å². The smallest absolute Gasteiger partial charge is 0.265 e. The Morgan fingerprint density at radius 3 is 2.18 bits per heavy atom. The molecule has 0 unspecified atom stereocenters. The molecule has 10 nitrogen and oxygen atoms in total. The maximum Gasteiger partial charge on any atom is 0.265 e. The summed E-state index contributed by atoms with van der Waals surface area (Å²) in [4.78, 5) is 28.5. The number of ether oxygens (including phenoxy) is 3. The molecule has 0 aliphatic heterocycles. The molecule has 13 heteroatoms. The second-order valence-corrected chi connectivity index (χ2v) is 12.6. The van der Waals surface area contributed by atoms with Crippen molar-refractivity contribution in [3.8, 4) is 17.2 Å². The SMILES string of the molecule is CCCCNC(=O)[C@@H](C)N(Cc1cccc(Cl)c1)C(=O)CN(c1cc(Cl)ccc1OC)S(=O)(=O)c1ccc(OC)c(OC)c1.